The highest BCUT2D eigenvalue weighted by molar-refractivity contribution is 14.1. The number of nitrogens with one attached hydrogen (secondary N) is 1. The lowest BCUT2D eigenvalue weighted by Crippen LogP contribution is -2.31. The van der Waals surface area contributed by atoms with Gasteiger partial charge in [0.2, 0.25) is 0 Å². The third kappa shape index (κ3) is 3.23. The number of rotatable bonds is 2. The minimum atomic E-state index is -0.259. The molecule has 0 radical (unpaired) electrons. The maximum Gasteiger partial charge on any atom is 0.252 e. The summed E-state index contributed by atoms with van der Waals surface area (Å²) >= 11 is 3.86. The number of halogens is 2. The summed E-state index contributed by atoms with van der Waals surface area (Å²) in [5.41, 5.74) is 1.54. The molecule has 1 atom stereocenters. The Morgan fingerprint density at radius 2 is 2.10 bits per heavy atom. The lowest BCUT2D eigenvalue weighted by atomic mass is 10.0. The van der Waals surface area contributed by atoms with Crippen LogP contribution >= 0.6 is 34.4 Å². The van der Waals surface area contributed by atoms with Gasteiger partial charge in [0.05, 0.1) is 11.6 Å². The molecule has 2 aromatic rings. The monoisotopic (exact) mass is 413 g/mol. The van der Waals surface area contributed by atoms with Crippen LogP contribution in [0.25, 0.3) is 0 Å². The summed E-state index contributed by atoms with van der Waals surface area (Å²) < 4.78 is 14.4. The van der Waals surface area contributed by atoms with Gasteiger partial charge in [0.15, 0.2) is 0 Å². The van der Waals surface area contributed by atoms with Crippen molar-refractivity contribution in [2.45, 2.75) is 17.4 Å². The van der Waals surface area contributed by atoms with E-state index in [1.54, 1.807) is 23.9 Å². The molecule has 1 aliphatic rings. The molecule has 1 unspecified atom stereocenters. The standard InChI is InChI=1S/C16H13FINOS/c17-10-5-6-15-12(9-10)14(7-8-21-15)19-16(20)11-3-1-2-4-13(11)18/h1-6,9,14H,7-8H2,(H,19,20). The minimum Gasteiger partial charge on any atom is -0.345 e. The molecule has 2 aromatic carbocycles. The number of fused-ring (bicyclic) bond motifs is 1. The first kappa shape index (κ1) is 14.8. The van der Waals surface area contributed by atoms with E-state index in [1.165, 1.54) is 12.1 Å². The summed E-state index contributed by atoms with van der Waals surface area (Å²) in [6.45, 7) is 0. The molecular formula is C16H13FINOS. The third-order valence-electron chi connectivity index (χ3n) is 3.44. The van der Waals surface area contributed by atoms with Crippen LogP contribution in [0.5, 0.6) is 0 Å². The molecular weight excluding hydrogens is 400 g/mol. The predicted molar refractivity (Wildman–Crippen MR) is 91.1 cm³/mol. The zero-order chi connectivity index (χ0) is 14.8. The summed E-state index contributed by atoms with van der Waals surface area (Å²) in [5, 5.41) is 3.04. The minimum absolute atomic E-state index is 0.105. The van der Waals surface area contributed by atoms with Crippen LogP contribution < -0.4 is 5.32 Å². The predicted octanol–water partition coefficient (Wildman–Crippen LogP) is 4.40. The van der Waals surface area contributed by atoms with E-state index in [0.29, 0.717) is 5.56 Å². The Kier molecular flexibility index (Phi) is 4.49. The van der Waals surface area contributed by atoms with Gasteiger partial charge in [-0.3, -0.25) is 4.79 Å². The molecule has 108 valence electrons. The molecule has 0 aliphatic carbocycles. The lowest BCUT2D eigenvalue weighted by Gasteiger charge is -2.26. The molecule has 0 spiro atoms. The molecule has 1 amide bonds. The summed E-state index contributed by atoms with van der Waals surface area (Å²) in [6, 6.07) is 12.1. The van der Waals surface area contributed by atoms with E-state index in [-0.39, 0.29) is 17.8 Å². The molecule has 5 heteroatoms. The normalized spacial score (nSPS) is 17.1. The highest BCUT2D eigenvalue weighted by Gasteiger charge is 2.23. The van der Waals surface area contributed by atoms with Gasteiger partial charge in [-0.25, -0.2) is 4.39 Å². The fourth-order valence-corrected chi connectivity index (χ4v) is 4.13. The second kappa shape index (κ2) is 6.36. The number of benzene rings is 2. The fraction of sp³-hybridized carbons (Fsp3) is 0.188. The van der Waals surface area contributed by atoms with Crippen LogP contribution in [0.2, 0.25) is 0 Å². The average Bonchev–Trinajstić information content (AvgIpc) is 2.48. The zero-order valence-electron chi connectivity index (χ0n) is 11.1. The van der Waals surface area contributed by atoms with Crippen LogP contribution in [-0.4, -0.2) is 11.7 Å². The van der Waals surface area contributed by atoms with Crippen molar-refractivity contribution in [3.05, 3.63) is 63.0 Å². The highest BCUT2D eigenvalue weighted by atomic mass is 127. The van der Waals surface area contributed by atoms with Gasteiger partial charge >= 0.3 is 0 Å². The molecule has 21 heavy (non-hydrogen) atoms. The number of carbonyl (C=O) groups excluding carboxylic acids is 1. The van der Waals surface area contributed by atoms with Crippen molar-refractivity contribution in [2.75, 3.05) is 5.75 Å². The second-order valence-corrected chi connectivity index (χ2v) is 7.12. The molecule has 0 saturated carbocycles. The van der Waals surface area contributed by atoms with Gasteiger partial charge in [-0.05, 0) is 64.9 Å². The summed E-state index contributed by atoms with van der Waals surface area (Å²) in [4.78, 5) is 13.5. The topological polar surface area (TPSA) is 29.1 Å². The van der Waals surface area contributed by atoms with Gasteiger partial charge < -0.3 is 5.32 Å². The van der Waals surface area contributed by atoms with Crippen molar-refractivity contribution in [3.8, 4) is 0 Å². The van der Waals surface area contributed by atoms with Crippen LogP contribution in [0.3, 0.4) is 0 Å². The Balaban J connectivity index is 1.85. The van der Waals surface area contributed by atoms with E-state index >= 15 is 0 Å². The molecule has 0 saturated heterocycles. The van der Waals surface area contributed by atoms with Crippen LogP contribution in [0, 0.1) is 9.39 Å². The van der Waals surface area contributed by atoms with E-state index in [1.807, 2.05) is 18.2 Å². The van der Waals surface area contributed by atoms with E-state index in [9.17, 15) is 9.18 Å². The van der Waals surface area contributed by atoms with E-state index in [0.717, 1.165) is 26.2 Å². The van der Waals surface area contributed by atoms with Crippen LogP contribution in [0.1, 0.15) is 28.4 Å². The van der Waals surface area contributed by atoms with E-state index in [2.05, 4.69) is 27.9 Å². The van der Waals surface area contributed by atoms with E-state index in [4.69, 9.17) is 0 Å². The summed E-state index contributed by atoms with van der Waals surface area (Å²) in [5.74, 6) is 0.562. The van der Waals surface area contributed by atoms with Gasteiger partial charge in [-0.2, -0.15) is 0 Å². The number of hydrogen-bond donors (Lipinski definition) is 1. The van der Waals surface area contributed by atoms with Crippen LogP contribution in [-0.2, 0) is 0 Å². The maximum absolute atomic E-state index is 13.5. The summed E-state index contributed by atoms with van der Waals surface area (Å²) in [7, 11) is 0. The SMILES string of the molecule is O=C(NC1CCSc2ccc(F)cc21)c1ccccc1I. The van der Waals surface area contributed by atoms with Gasteiger partial charge in [-0.1, -0.05) is 12.1 Å². The first-order valence-corrected chi connectivity index (χ1v) is 8.69. The first-order chi connectivity index (χ1) is 10.1. The van der Waals surface area contributed by atoms with Crippen molar-refractivity contribution >= 4 is 40.3 Å². The molecule has 0 fully saturated rings. The lowest BCUT2D eigenvalue weighted by molar-refractivity contribution is 0.0934. The summed E-state index contributed by atoms with van der Waals surface area (Å²) in [6.07, 6.45) is 0.816. The largest absolute Gasteiger partial charge is 0.345 e. The Hall–Kier alpha value is -1.08. The van der Waals surface area contributed by atoms with Gasteiger partial charge in [0.25, 0.3) is 5.91 Å². The number of thioether (sulfide) groups is 1. The maximum atomic E-state index is 13.5. The Bertz CT molecular complexity index is 692. The first-order valence-electron chi connectivity index (χ1n) is 6.63. The Labute approximate surface area is 140 Å². The van der Waals surface area contributed by atoms with Crippen LogP contribution in [0.15, 0.2) is 47.4 Å². The van der Waals surface area contributed by atoms with Crippen molar-refractivity contribution in [1.82, 2.24) is 5.32 Å². The smallest absolute Gasteiger partial charge is 0.252 e. The van der Waals surface area contributed by atoms with Crippen molar-refractivity contribution in [1.29, 1.82) is 0 Å². The molecule has 1 N–H and O–H groups in total. The number of amides is 1. The molecule has 0 aromatic heterocycles. The Morgan fingerprint density at radius 3 is 2.90 bits per heavy atom. The van der Waals surface area contributed by atoms with Gasteiger partial charge in [-0.15, -0.1) is 11.8 Å². The molecule has 2 nitrogen and oxygen atoms in total. The molecule has 1 heterocycles. The fourth-order valence-electron chi connectivity index (χ4n) is 2.40. The Morgan fingerprint density at radius 1 is 1.29 bits per heavy atom. The highest BCUT2D eigenvalue weighted by Crippen LogP contribution is 2.36. The van der Waals surface area contributed by atoms with Crippen molar-refractivity contribution in [2.24, 2.45) is 0 Å². The van der Waals surface area contributed by atoms with Crippen molar-refractivity contribution in [3.63, 3.8) is 0 Å². The quantitative estimate of drug-likeness (QED) is 0.740. The molecule has 3 rings (SSSR count). The van der Waals surface area contributed by atoms with Gasteiger partial charge in [0.1, 0.15) is 5.82 Å². The third-order valence-corrected chi connectivity index (χ3v) is 5.50. The number of carbonyl (C=O) groups is 1. The average molecular weight is 413 g/mol. The van der Waals surface area contributed by atoms with Gasteiger partial charge in [0, 0.05) is 14.2 Å². The second-order valence-electron chi connectivity index (χ2n) is 4.83. The molecule has 0 bridgehead atoms. The molecule has 1 aliphatic heterocycles. The number of hydrogen-bond acceptors (Lipinski definition) is 2. The van der Waals surface area contributed by atoms with Crippen LogP contribution in [0.4, 0.5) is 4.39 Å². The van der Waals surface area contributed by atoms with Crippen molar-refractivity contribution < 1.29 is 9.18 Å². The zero-order valence-corrected chi connectivity index (χ0v) is 14.1. The van der Waals surface area contributed by atoms with E-state index < -0.39 is 0 Å².